The van der Waals surface area contributed by atoms with Gasteiger partial charge in [-0.05, 0) is 6.07 Å². The topological polar surface area (TPSA) is 143 Å². The second-order valence-corrected chi connectivity index (χ2v) is 4.94. The van der Waals surface area contributed by atoms with E-state index in [2.05, 4.69) is 0 Å². The predicted octanol–water partition coefficient (Wildman–Crippen LogP) is -1.36. The van der Waals surface area contributed by atoms with E-state index in [1.807, 2.05) is 6.07 Å². The monoisotopic (exact) mass is 311 g/mol. The van der Waals surface area contributed by atoms with E-state index in [1.54, 1.807) is 0 Å². The van der Waals surface area contributed by atoms with Crippen molar-refractivity contribution >= 4 is 0 Å². The number of aromatic hydroxyl groups is 1. The summed E-state index contributed by atoms with van der Waals surface area (Å²) in [6.45, 7) is -0.574. The van der Waals surface area contributed by atoms with Gasteiger partial charge < -0.3 is 35.0 Å². The summed E-state index contributed by atoms with van der Waals surface area (Å²) in [5.74, 6) is -0.00726. The zero-order valence-corrected chi connectivity index (χ0v) is 11.5. The zero-order chi connectivity index (χ0) is 16.3. The SMILES string of the molecule is N#CCc1ccc(O)cc1O[C@H]1O[C@H](CO)[C@@H](O)[C@H](O)[C@H]1O. The Labute approximate surface area is 126 Å². The first kappa shape index (κ1) is 16.5. The van der Waals surface area contributed by atoms with Gasteiger partial charge in [0.05, 0.1) is 19.1 Å². The van der Waals surface area contributed by atoms with Crippen LogP contribution in [-0.2, 0) is 11.2 Å². The fourth-order valence-corrected chi connectivity index (χ4v) is 2.17. The number of ether oxygens (including phenoxy) is 2. The van der Waals surface area contributed by atoms with E-state index in [4.69, 9.17) is 19.8 Å². The third kappa shape index (κ3) is 3.30. The molecule has 0 amide bonds. The molecule has 5 atom stereocenters. The number of hydrogen-bond donors (Lipinski definition) is 5. The highest BCUT2D eigenvalue weighted by Crippen LogP contribution is 2.29. The average Bonchev–Trinajstić information content (AvgIpc) is 2.50. The largest absolute Gasteiger partial charge is 0.508 e. The summed E-state index contributed by atoms with van der Waals surface area (Å²) >= 11 is 0. The van der Waals surface area contributed by atoms with Crippen LogP contribution in [-0.4, -0.2) is 62.8 Å². The molecule has 0 radical (unpaired) electrons. The standard InChI is InChI=1S/C14H17NO7/c15-4-3-7-1-2-8(17)5-9(7)21-14-13(20)12(19)11(18)10(6-16)22-14/h1-2,5,10-14,16-20H,3,6H2/t10-,11-,12+,13-,14+/m1/s1. The van der Waals surface area contributed by atoms with Gasteiger partial charge in [0.15, 0.2) is 0 Å². The third-order valence-electron chi connectivity index (χ3n) is 3.41. The Morgan fingerprint density at radius 1 is 1.18 bits per heavy atom. The van der Waals surface area contributed by atoms with Crippen LogP contribution in [0.1, 0.15) is 5.56 Å². The van der Waals surface area contributed by atoms with Crippen molar-refractivity contribution in [2.24, 2.45) is 0 Å². The Morgan fingerprint density at radius 2 is 1.91 bits per heavy atom. The second kappa shape index (κ2) is 6.91. The van der Waals surface area contributed by atoms with Crippen LogP contribution in [0.5, 0.6) is 11.5 Å². The van der Waals surface area contributed by atoms with Gasteiger partial charge in [0.1, 0.15) is 35.9 Å². The summed E-state index contributed by atoms with van der Waals surface area (Å²) in [6.07, 6.45) is -7.06. The molecule has 8 heteroatoms. The highest BCUT2D eigenvalue weighted by Gasteiger charge is 2.44. The Morgan fingerprint density at radius 3 is 2.55 bits per heavy atom. The Hall–Kier alpha value is -1.89. The average molecular weight is 311 g/mol. The molecular formula is C14H17NO7. The first-order valence-electron chi connectivity index (χ1n) is 6.64. The molecular weight excluding hydrogens is 294 g/mol. The van der Waals surface area contributed by atoms with Gasteiger partial charge >= 0.3 is 0 Å². The lowest BCUT2D eigenvalue weighted by atomic mass is 9.99. The fraction of sp³-hybridized carbons (Fsp3) is 0.500. The van der Waals surface area contributed by atoms with Gasteiger partial charge in [-0.15, -0.1) is 0 Å². The first-order valence-corrected chi connectivity index (χ1v) is 6.64. The maximum Gasteiger partial charge on any atom is 0.229 e. The van der Waals surface area contributed by atoms with Crippen LogP contribution in [0.15, 0.2) is 18.2 Å². The molecule has 0 saturated carbocycles. The number of rotatable bonds is 4. The summed E-state index contributed by atoms with van der Waals surface area (Å²) < 4.78 is 10.6. The van der Waals surface area contributed by atoms with Gasteiger partial charge in [-0.2, -0.15) is 5.26 Å². The molecule has 0 bridgehead atoms. The normalized spacial score (nSPS) is 31.5. The maximum atomic E-state index is 9.90. The summed E-state index contributed by atoms with van der Waals surface area (Å²) in [5, 5.41) is 56.7. The number of nitriles is 1. The van der Waals surface area contributed by atoms with E-state index in [0.717, 1.165) is 0 Å². The molecule has 120 valence electrons. The van der Waals surface area contributed by atoms with Crippen LogP contribution in [0.4, 0.5) is 0 Å². The molecule has 1 heterocycles. The van der Waals surface area contributed by atoms with Crippen molar-refractivity contribution in [1.29, 1.82) is 5.26 Å². The minimum Gasteiger partial charge on any atom is -0.508 e. The lowest BCUT2D eigenvalue weighted by Gasteiger charge is -2.39. The molecule has 0 aliphatic carbocycles. The van der Waals surface area contributed by atoms with Crippen molar-refractivity contribution in [3.8, 4) is 17.6 Å². The molecule has 8 nitrogen and oxygen atoms in total. The Balaban J connectivity index is 2.22. The van der Waals surface area contributed by atoms with E-state index in [9.17, 15) is 20.4 Å². The predicted molar refractivity (Wildman–Crippen MR) is 71.8 cm³/mol. The van der Waals surface area contributed by atoms with Gasteiger partial charge in [0.2, 0.25) is 6.29 Å². The van der Waals surface area contributed by atoms with Gasteiger partial charge in [-0.1, -0.05) is 6.07 Å². The zero-order valence-electron chi connectivity index (χ0n) is 11.5. The summed E-state index contributed by atoms with van der Waals surface area (Å²) in [6, 6.07) is 6.04. The van der Waals surface area contributed by atoms with Crippen molar-refractivity contribution in [1.82, 2.24) is 0 Å². The van der Waals surface area contributed by atoms with Crippen molar-refractivity contribution in [3.05, 3.63) is 23.8 Å². The van der Waals surface area contributed by atoms with Crippen molar-refractivity contribution in [2.45, 2.75) is 37.1 Å². The fourth-order valence-electron chi connectivity index (χ4n) is 2.17. The lowest BCUT2D eigenvalue weighted by molar-refractivity contribution is -0.277. The van der Waals surface area contributed by atoms with Crippen molar-refractivity contribution in [2.75, 3.05) is 6.61 Å². The number of phenols is 1. The molecule has 0 unspecified atom stereocenters. The minimum absolute atomic E-state index is 0.00698. The first-order chi connectivity index (χ1) is 10.5. The van der Waals surface area contributed by atoms with E-state index in [-0.39, 0.29) is 17.9 Å². The minimum atomic E-state index is -1.56. The molecule has 1 saturated heterocycles. The van der Waals surface area contributed by atoms with Crippen LogP contribution in [0.2, 0.25) is 0 Å². The molecule has 1 aliphatic rings. The van der Waals surface area contributed by atoms with Crippen LogP contribution in [0, 0.1) is 11.3 Å². The maximum absolute atomic E-state index is 9.90. The van der Waals surface area contributed by atoms with Gasteiger partial charge in [-0.3, -0.25) is 0 Å². The van der Waals surface area contributed by atoms with E-state index >= 15 is 0 Å². The van der Waals surface area contributed by atoms with Gasteiger partial charge in [0.25, 0.3) is 0 Å². The Kier molecular flexibility index (Phi) is 5.18. The quantitative estimate of drug-likeness (QED) is 0.458. The van der Waals surface area contributed by atoms with Gasteiger partial charge in [-0.25, -0.2) is 0 Å². The highest BCUT2D eigenvalue weighted by atomic mass is 16.7. The number of aliphatic hydroxyl groups excluding tert-OH is 4. The van der Waals surface area contributed by atoms with Crippen LogP contribution >= 0.6 is 0 Å². The number of hydrogen-bond acceptors (Lipinski definition) is 8. The highest BCUT2D eigenvalue weighted by molar-refractivity contribution is 5.41. The molecule has 0 aromatic heterocycles. The molecule has 5 N–H and O–H groups in total. The van der Waals surface area contributed by atoms with Crippen LogP contribution < -0.4 is 4.74 Å². The summed E-state index contributed by atoms with van der Waals surface area (Å²) in [4.78, 5) is 0. The molecule has 1 fully saturated rings. The van der Waals surface area contributed by atoms with E-state index in [1.165, 1.54) is 18.2 Å². The summed E-state index contributed by atoms with van der Waals surface area (Å²) in [5.41, 5.74) is 0.456. The van der Waals surface area contributed by atoms with Crippen molar-refractivity contribution in [3.63, 3.8) is 0 Å². The van der Waals surface area contributed by atoms with E-state index < -0.39 is 37.3 Å². The molecule has 2 rings (SSSR count). The Bertz CT molecular complexity index is 557. The van der Waals surface area contributed by atoms with Crippen LogP contribution in [0.3, 0.4) is 0 Å². The second-order valence-electron chi connectivity index (χ2n) is 4.94. The molecule has 0 spiro atoms. The molecule has 1 aromatic carbocycles. The molecule has 22 heavy (non-hydrogen) atoms. The lowest BCUT2D eigenvalue weighted by Crippen LogP contribution is -2.60. The summed E-state index contributed by atoms with van der Waals surface area (Å²) in [7, 11) is 0. The van der Waals surface area contributed by atoms with Crippen molar-refractivity contribution < 1.29 is 35.0 Å². The smallest absolute Gasteiger partial charge is 0.229 e. The number of nitrogens with zero attached hydrogens (tertiary/aromatic N) is 1. The van der Waals surface area contributed by atoms with E-state index in [0.29, 0.717) is 5.56 Å². The third-order valence-corrected chi connectivity index (χ3v) is 3.41. The molecule has 1 aromatic rings. The number of aliphatic hydroxyl groups is 4. The van der Waals surface area contributed by atoms with Crippen LogP contribution in [0.25, 0.3) is 0 Å². The molecule has 1 aliphatic heterocycles. The van der Waals surface area contributed by atoms with Gasteiger partial charge in [0, 0.05) is 11.6 Å². The number of phenolic OH excluding ortho intramolecular Hbond substituents is 1. The number of benzene rings is 1.